The van der Waals surface area contributed by atoms with E-state index >= 15 is 0 Å². The Bertz CT molecular complexity index is 490. The molecule has 1 fully saturated rings. The highest BCUT2D eigenvalue weighted by Crippen LogP contribution is 2.24. The monoisotopic (exact) mass is 295 g/mol. The van der Waals surface area contributed by atoms with Crippen LogP contribution < -0.4 is 10.6 Å². The van der Waals surface area contributed by atoms with Gasteiger partial charge in [0.1, 0.15) is 0 Å². The predicted molar refractivity (Wildman–Crippen MR) is 78.9 cm³/mol. The van der Waals surface area contributed by atoms with Gasteiger partial charge >= 0.3 is 0 Å². The van der Waals surface area contributed by atoms with Crippen molar-refractivity contribution in [1.29, 1.82) is 0 Å². The Morgan fingerprint density at radius 2 is 2.24 bits per heavy atom. The van der Waals surface area contributed by atoms with Gasteiger partial charge in [0.15, 0.2) is 11.6 Å². The molecule has 2 rings (SSSR count). The molecule has 0 unspecified atom stereocenters. The summed E-state index contributed by atoms with van der Waals surface area (Å²) in [7, 11) is 0. The highest BCUT2D eigenvalue weighted by molar-refractivity contribution is 5.95. The molecule has 0 atom stereocenters. The van der Waals surface area contributed by atoms with E-state index in [0.29, 0.717) is 13.2 Å². The molecule has 0 saturated heterocycles. The number of carbonyl (C=O) groups is 1. The van der Waals surface area contributed by atoms with Gasteiger partial charge in [0.05, 0.1) is 11.7 Å². The van der Waals surface area contributed by atoms with E-state index in [-0.39, 0.29) is 23.5 Å². The lowest BCUT2D eigenvalue weighted by Gasteiger charge is -2.35. The summed E-state index contributed by atoms with van der Waals surface area (Å²) in [6, 6.07) is 1.47. The van der Waals surface area contributed by atoms with Gasteiger partial charge in [0.25, 0.3) is 5.91 Å². The third-order valence-corrected chi connectivity index (χ3v) is 3.51. The molecule has 6 heteroatoms. The number of nitrogens with one attached hydrogen (secondary N) is 2. The van der Waals surface area contributed by atoms with Gasteiger partial charge in [-0.15, -0.1) is 0 Å². The largest absolute Gasteiger partial charge is 0.378 e. The van der Waals surface area contributed by atoms with Gasteiger partial charge in [-0.3, -0.25) is 4.79 Å². The van der Waals surface area contributed by atoms with E-state index in [1.54, 1.807) is 0 Å². The van der Waals surface area contributed by atoms with Crippen LogP contribution in [0.1, 0.15) is 43.5 Å². The quantitative estimate of drug-likeness (QED) is 0.810. The smallest absolute Gasteiger partial charge is 0.254 e. The van der Waals surface area contributed by atoms with E-state index in [2.05, 4.69) is 15.6 Å². The van der Waals surface area contributed by atoms with Crippen molar-refractivity contribution in [3.63, 3.8) is 0 Å². The summed E-state index contributed by atoms with van der Waals surface area (Å²) in [5, 5.41) is 5.71. The second-order valence-electron chi connectivity index (χ2n) is 5.17. The minimum Gasteiger partial charge on any atom is -0.378 e. The maximum Gasteiger partial charge on any atom is 0.254 e. The van der Waals surface area contributed by atoms with E-state index < -0.39 is 11.7 Å². The first-order chi connectivity index (χ1) is 10.2. The minimum absolute atomic E-state index is 0.0310. The van der Waals surface area contributed by atoms with Crippen LogP contribution in [-0.4, -0.2) is 36.2 Å². The van der Waals surface area contributed by atoms with Crippen LogP contribution in [0.15, 0.2) is 12.3 Å². The molecule has 0 bridgehead atoms. The highest BCUT2D eigenvalue weighted by atomic mass is 19.1. The number of amides is 1. The van der Waals surface area contributed by atoms with E-state index in [1.165, 1.54) is 12.3 Å². The first kappa shape index (κ1) is 15.7. The van der Waals surface area contributed by atoms with E-state index in [1.807, 2.05) is 13.8 Å². The Hall–Kier alpha value is -1.69. The van der Waals surface area contributed by atoms with Crippen molar-refractivity contribution in [3.8, 4) is 0 Å². The molecule has 0 aliphatic heterocycles. The van der Waals surface area contributed by atoms with Crippen LogP contribution in [0.5, 0.6) is 0 Å². The zero-order chi connectivity index (χ0) is 15.2. The molecule has 0 aromatic carbocycles. The van der Waals surface area contributed by atoms with Crippen molar-refractivity contribution in [1.82, 2.24) is 10.3 Å². The van der Waals surface area contributed by atoms with Crippen LogP contribution in [0, 0.1) is 5.82 Å². The van der Waals surface area contributed by atoms with Crippen LogP contribution >= 0.6 is 0 Å². The van der Waals surface area contributed by atoms with Gasteiger partial charge in [0, 0.05) is 25.4 Å². The lowest BCUT2D eigenvalue weighted by atomic mass is 9.89. The Morgan fingerprint density at radius 3 is 2.90 bits per heavy atom. The van der Waals surface area contributed by atoms with Gasteiger partial charge < -0.3 is 15.4 Å². The van der Waals surface area contributed by atoms with Gasteiger partial charge in [-0.1, -0.05) is 6.92 Å². The van der Waals surface area contributed by atoms with E-state index in [9.17, 15) is 9.18 Å². The first-order valence-corrected chi connectivity index (χ1v) is 7.46. The molecule has 1 aromatic rings. The molecule has 2 N–H and O–H groups in total. The standard InChI is InChI=1S/C15H22FN3O2/c1-3-6-17-14-13(16)12(5-7-18-14)15(20)19-10-8-11(9-10)21-4-2/h5,7,10-11H,3-4,6,8-9H2,1-2H3,(H,17,18)(H,19,20). The second kappa shape index (κ2) is 7.36. The maximum atomic E-state index is 14.2. The highest BCUT2D eigenvalue weighted by Gasteiger charge is 2.31. The molecule has 0 radical (unpaired) electrons. The van der Waals surface area contributed by atoms with Crippen molar-refractivity contribution in [2.24, 2.45) is 0 Å². The predicted octanol–water partition coefficient (Wildman–Crippen LogP) is 2.34. The second-order valence-corrected chi connectivity index (χ2v) is 5.17. The fraction of sp³-hybridized carbons (Fsp3) is 0.600. The average molecular weight is 295 g/mol. The number of hydrogen-bond donors (Lipinski definition) is 2. The minimum atomic E-state index is -0.593. The van der Waals surface area contributed by atoms with Crippen molar-refractivity contribution in [2.75, 3.05) is 18.5 Å². The van der Waals surface area contributed by atoms with Gasteiger partial charge in [-0.25, -0.2) is 9.37 Å². The summed E-state index contributed by atoms with van der Waals surface area (Å²) in [4.78, 5) is 16.0. The maximum absolute atomic E-state index is 14.2. The van der Waals surface area contributed by atoms with E-state index in [0.717, 1.165) is 19.3 Å². The van der Waals surface area contributed by atoms with Crippen LogP contribution in [-0.2, 0) is 4.74 Å². The summed E-state index contributed by atoms with van der Waals surface area (Å²) < 4.78 is 19.6. The summed E-state index contributed by atoms with van der Waals surface area (Å²) in [5.41, 5.74) is 0.0310. The zero-order valence-corrected chi connectivity index (χ0v) is 12.5. The summed E-state index contributed by atoms with van der Waals surface area (Å²) in [6.45, 7) is 5.22. The van der Waals surface area contributed by atoms with Crippen LogP contribution in [0.4, 0.5) is 10.2 Å². The number of nitrogens with zero attached hydrogens (tertiary/aromatic N) is 1. The van der Waals surface area contributed by atoms with Gasteiger partial charge in [-0.2, -0.15) is 0 Å². The number of pyridine rings is 1. The number of halogens is 1. The molecular formula is C15H22FN3O2. The molecular weight excluding hydrogens is 273 g/mol. The lowest BCUT2D eigenvalue weighted by Crippen LogP contribution is -2.48. The lowest BCUT2D eigenvalue weighted by molar-refractivity contribution is -0.00865. The Labute approximate surface area is 124 Å². The molecule has 5 nitrogen and oxygen atoms in total. The zero-order valence-electron chi connectivity index (χ0n) is 12.5. The molecule has 1 aromatic heterocycles. The topological polar surface area (TPSA) is 63.2 Å². The van der Waals surface area contributed by atoms with Gasteiger partial charge in [0.2, 0.25) is 0 Å². The van der Waals surface area contributed by atoms with Gasteiger partial charge in [-0.05, 0) is 32.3 Å². The Morgan fingerprint density at radius 1 is 1.48 bits per heavy atom. The number of anilines is 1. The van der Waals surface area contributed by atoms with Crippen LogP contribution in [0.3, 0.4) is 0 Å². The third-order valence-electron chi connectivity index (χ3n) is 3.51. The number of hydrogen-bond acceptors (Lipinski definition) is 4. The molecule has 0 spiro atoms. The molecule has 1 aliphatic carbocycles. The molecule has 21 heavy (non-hydrogen) atoms. The van der Waals surface area contributed by atoms with E-state index in [4.69, 9.17) is 4.74 Å². The summed E-state index contributed by atoms with van der Waals surface area (Å²) in [5.74, 6) is -0.858. The molecule has 1 saturated carbocycles. The average Bonchev–Trinajstić information content (AvgIpc) is 2.44. The van der Waals surface area contributed by atoms with Crippen LogP contribution in [0.2, 0.25) is 0 Å². The van der Waals surface area contributed by atoms with Crippen molar-refractivity contribution >= 4 is 11.7 Å². The fourth-order valence-electron chi connectivity index (χ4n) is 2.30. The third kappa shape index (κ3) is 3.91. The normalized spacial score (nSPS) is 20.7. The number of aromatic nitrogens is 1. The van der Waals surface area contributed by atoms with Crippen LogP contribution in [0.25, 0.3) is 0 Å². The first-order valence-electron chi connectivity index (χ1n) is 7.46. The molecule has 1 amide bonds. The molecule has 1 heterocycles. The van der Waals surface area contributed by atoms with Crippen molar-refractivity contribution < 1.29 is 13.9 Å². The van der Waals surface area contributed by atoms with Crippen molar-refractivity contribution in [2.45, 2.75) is 45.3 Å². The molecule has 116 valence electrons. The van der Waals surface area contributed by atoms with Crippen molar-refractivity contribution in [3.05, 3.63) is 23.6 Å². The summed E-state index contributed by atoms with van der Waals surface area (Å²) in [6.07, 6.45) is 4.09. The number of rotatable bonds is 7. The SMILES string of the molecule is CCCNc1nccc(C(=O)NC2CC(OCC)C2)c1F. The summed E-state index contributed by atoms with van der Waals surface area (Å²) >= 11 is 0. The Kier molecular flexibility index (Phi) is 5.50. The fourth-order valence-corrected chi connectivity index (χ4v) is 2.30. The number of carbonyl (C=O) groups excluding carboxylic acids is 1. The number of ether oxygens (including phenoxy) is 1. The molecule has 1 aliphatic rings. The Balaban J connectivity index is 1.93.